The van der Waals surface area contributed by atoms with E-state index in [9.17, 15) is 18.3 Å². The number of aliphatic hydroxyl groups excluding tert-OH is 1. The molecular formula is C34H38N2O9S. The molecule has 2 atom stereocenters. The van der Waals surface area contributed by atoms with Gasteiger partial charge in [0.15, 0.2) is 17.2 Å². The molecule has 2 heterocycles. The van der Waals surface area contributed by atoms with Crippen LogP contribution in [0.25, 0.3) is 0 Å². The van der Waals surface area contributed by atoms with Crippen molar-refractivity contribution in [3.05, 3.63) is 103 Å². The molecule has 1 aromatic heterocycles. The lowest BCUT2D eigenvalue weighted by Crippen LogP contribution is -2.51. The van der Waals surface area contributed by atoms with Crippen LogP contribution in [0.15, 0.2) is 101 Å². The lowest BCUT2D eigenvalue weighted by atomic mass is 10.0. The van der Waals surface area contributed by atoms with Gasteiger partial charge in [-0.15, -0.1) is 0 Å². The van der Waals surface area contributed by atoms with E-state index in [-0.39, 0.29) is 36.1 Å². The van der Waals surface area contributed by atoms with Gasteiger partial charge in [-0.1, -0.05) is 56.3 Å². The number of benzene rings is 3. The Morgan fingerprint density at radius 2 is 1.65 bits per heavy atom. The molecule has 0 aliphatic carbocycles. The molecule has 4 aromatic rings. The van der Waals surface area contributed by atoms with Crippen molar-refractivity contribution >= 4 is 16.1 Å². The molecule has 0 unspecified atom stereocenters. The summed E-state index contributed by atoms with van der Waals surface area (Å²) < 4.78 is 56.3. The first-order chi connectivity index (χ1) is 22.2. The number of sulfonamides is 1. The third-order valence-corrected chi connectivity index (χ3v) is 9.04. The molecule has 46 heavy (non-hydrogen) atoms. The summed E-state index contributed by atoms with van der Waals surface area (Å²) in [6.45, 7) is 4.72. The van der Waals surface area contributed by atoms with Crippen LogP contribution < -0.4 is 24.3 Å². The molecule has 0 saturated heterocycles. The second kappa shape index (κ2) is 15.2. The van der Waals surface area contributed by atoms with Crippen LogP contribution in [0, 0.1) is 5.92 Å². The fourth-order valence-corrected chi connectivity index (χ4v) is 6.58. The highest BCUT2D eigenvalue weighted by Crippen LogP contribution is 2.33. The molecule has 0 radical (unpaired) electrons. The van der Waals surface area contributed by atoms with E-state index in [0.29, 0.717) is 37.1 Å². The van der Waals surface area contributed by atoms with Gasteiger partial charge in [0.2, 0.25) is 10.0 Å². The summed E-state index contributed by atoms with van der Waals surface area (Å²) in [7, 11) is -4.07. The largest absolute Gasteiger partial charge is 0.489 e. The van der Waals surface area contributed by atoms with E-state index in [4.69, 9.17) is 23.4 Å². The monoisotopic (exact) mass is 650 g/mol. The summed E-state index contributed by atoms with van der Waals surface area (Å²) >= 11 is 0. The molecular weight excluding hydrogens is 612 g/mol. The number of furan rings is 1. The van der Waals surface area contributed by atoms with Gasteiger partial charge in [-0.2, -0.15) is 4.31 Å². The highest BCUT2D eigenvalue weighted by atomic mass is 32.2. The molecule has 2 N–H and O–H groups in total. The fraction of sp³-hybridized carbons (Fsp3) is 0.324. The van der Waals surface area contributed by atoms with E-state index in [1.165, 1.54) is 35.0 Å². The fourth-order valence-electron chi connectivity index (χ4n) is 4.94. The van der Waals surface area contributed by atoms with Crippen LogP contribution in [-0.2, 0) is 23.1 Å². The van der Waals surface area contributed by atoms with E-state index in [0.717, 1.165) is 11.1 Å². The lowest BCUT2D eigenvalue weighted by molar-refractivity contribution is 0.0991. The molecule has 0 bridgehead atoms. The van der Waals surface area contributed by atoms with Crippen molar-refractivity contribution in [1.29, 1.82) is 0 Å². The van der Waals surface area contributed by atoms with Crippen LogP contribution in [0.1, 0.15) is 25.0 Å². The van der Waals surface area contributed by atoms with E-state index < -0.39 is 28.3 Å². The Balaban J connectivity index is 1.33. The maximum absolute atomic E-state index is 13.9. The van der Waals surface area contributed by atoms with Gasteiger partial charge in [-0.25, -0.2) is 13.2 Å². The van der Waals surface area contributed by atoms with Gasteiger partial charge < -0.3 is 33.8 Å². The minimum Gasteiger partial charge on any atom is -0.489 e. The second-order valence-corrected chi connectivity index (χ2v) is 13.2. The summed E-state index contributed by atoms with van der Waals surface area (Å²) in [5.41, 5.74) is 1.82. The SMILES string of the molecule is CC(C)CN(C[C@@H](O)[C@H](Cc1ccc(OCc2ccccc2)cc1)NC(=O)Oc1ccoc1)S(=O)(=O)c1ccc2c(c1)OCCO2. The molecule has 0 saturated carbocycles. The Kier molecular flexibility index (Phi) is 10.8. The number of rotatable bonds is 14. The Bertz CT molecular complexity index is 1660. The van der Waals surface area contributed by atoms with Crippen molar-refractivity contribution in [3.63, 3.8) is 0 Å². The highest BCUT2D eigenvalue weighted by molar-refractivity contribution is 7.89. The third-order valence-electron chi connectivity index (χ3n) is 7.21. The molecule has 244 valence electrons. The standard InChI is InChI=1S/C34H38N2O9S/c1-24(2)20-36(46(39,40)29-12-13-32-33(19-29)43-17-16-42-32)21-31(37)30(35-34(38)45-28-14-15-41-23-28)18-25-8-10-27(11-9-25)44-22-26-6-4-3-5-7-26/h3-15,19,23-24,30-31,37H,16-18,20-22H2,1-2H3,(H,35,38)/t30-,31+/m0/s1. The van der Waals surface area contributed by atoms with Crippen molar-refractivity contribution in [1.82, 2.24) is 9.62 Å². The number of carbonyl (C=O) groups excluding carboxylic acids is 1. The number of aliphatic hydroxyl groups is 1. The smallest absolute Gasteiger partial charge is 0.413 e. The summed E-state index contributed by atoms with van der Waals surface area (Å²) in [5.74, 6) is 1.60. The van der Waals surface area contributed by atoms with Gasteiger partial charge in [0.25, 0.3) is 0 Å². The van der Waals surface area contributed by atoms with Gasteiger partial charge in [-0.3, -0.25) is 0 Å². The van der Waals surface area contributed by atoms with Crippen molar-refractivity contribution in [3.8, 4) is 23.0 Å². The van der Waals surface area contributed by atoms with Crippen LogP contribution in [0.2, 0.25) is 0 Å². The lowest BCUT2D eigenvalue weighted by Gasteiger charge is -2.30. The first-order valence-electron chi connectivity index (χ1n) is 15.0. The Hall–Kier alpha value is -4.52. The van der Waals surface area contributed by atoms with Crippen molar-refractivity contribution in [2.45, 2.75) is 43.9 Å². The predicted molar refractivity (Wildman–Crippen MR) is 170 cm³/mol. The van der Waals surface area contributed by atoms with Gasteiger partial charge in [0, 0.05) is 25.2 Å². The van der Waals surface area contributed by atoms with Crippen molar-refractivity contribution in [2.75, 3.05) is 26.3 Å². The maximum Gasteiger partial charge on any atom is 0.413 e. The molecule has 1 amide bonds. The molecule has 0 fully saturated rings. The number of hydrogen-bond donors (Lipinski definition) is 2. The van der Waals surface area contributed by atoms with E-state index in [1.807, 2.05) is 68.4 Å². The minimum atomic E-state index is -4.07. The van der Waals surface area contributed by atoms with E-state index in [1.54, 1.807) is 6.07 Å². The Labute approximate surface area is 268 Å². The highest BCUT2D eigenvalue weighted by Gasteiger charge is 2.32. The number of hydrogen-bond acceptors (Lipinski definition) is 9. The number of carbonyl (C=O) groups is 1. The normalized spacial score (nSPS) is 14.1. The van der Waals surface area contributed by atoms with Crippen LogP contribution in [-0.4, -0.2) is 62.4 Å². The third kappa shape index (κ3) is 8.81. The summed E-state index contributed by atoms with van der Waals surface area (Å²) in [5, 5.41) is 14.2. The van der Waals surface area contributed by atoms with Crippen LogP contribution >= 0.6 is 0 Å². The molecule has 1 aliphatic heterocycles. The van der Waals surface area contributed by atoms with Crippen LogP contribution in [0.5, 0.6) is 23.0 Å². The maximum atomic E-state index is 13.9. The van der Waals surface area contributed by atoms with Crippen LogP contribution in [0.3, 0.4) is 0 Å². The Morgan fingerprint density at radius 1 is 0.913 bits per heavy atom. The second-order valence-electron chi connectivity index (χ2n) is 11.3. The van der Waals surface area contributed by atoms with Gasteiger partial charge >= 0.3 is 6.09 Å². The van der Waals surface area contributed by atoms with Crippen LogP contribution in [0.4, 0.5) is 4.79 Å². The predicted octanol–water partition coefficient (Wildman–Crippen LogP) is 5.04. The summed E-state index contributed by atoms with van der Waals surface area (Å²) in [6, 6.07) is 22.1. The zero-order chi connectivity index (χ0) is 32.5. The zero-order valence-electron chi connectivity index (χ0n) is 25.7. The number of nitrogens with zero attached hydrogens (tertiary/aromatic N) is 1. The van der Waals surface area contributed by atoms with E-state index in [2.05, 4.69) is 5.32 Å². The van der Waals surface area contributed by atoms with Crippen molar-refractivity contribution < 1.29 is 41.7 Å². The molecule has 0 spiro atoms. The van der Waals surface area contributed by atoms with Gasteiger partial charge in [0.1, 0.15) is 31.8 Å². The Morgan fingerprint density at radius 3 is 2.35 bits per heavy atom. The number of amides is 1. The first-order valence-corrected chi connectivity index (χ1v) is 16.5. The average molecular weight is 651 g/mol. The van der Waals surface area contributed by atoms with Gasteiger partial charge in [-0.05, 0) is 47.7 Å². The molecule has 1 aliphatic rings. The first kappa shape index (κ1) is 32.9. The average Bonchev–Trinajstić information content (AvgIpc) is 3.56. The number of nitrogens with one attached hydrogen (secondary N) is 1. The zero-order valence-corrected chi connectivity index (χ0v) is 26.5. The molecule has 11 nitrogen and oxygen atoms in total. The molecule has 12 heteroatoms. The summed E-state index contributed by atoms with van der Waals surface area (Å²) in [6.07, 6.45) is 0.682. The minimum absolute atomic E-state index is 0.0135. The molecule has 3 aromatic carbocycles. The quantitative estimate of drug-likeness (QED) is 0.192. The number of ether oxygens (including phenoxy) is 4. The van der Waals surface area contributed by atoms with E-state index >= 15 is 0 Å². The van der Waals surface area contributed by atoms with Crippen molar-refractivity contribution in [2.24, 2.45) is 5.92 Å². The summed E-state index contributed by atoms with van der Waals surface area (Å²) in [4.78, 5) is 12.9. The van der Waals surface area contributed by atoms with Gasteiger partial charge in [0.05, 0.1) is 23.3 Å². The number of fused-ring (bicyclic) bond motifs is 1. The topological polar surface area (TPSA) is 137 Å². The molecule has 5 rings (SSSR count).